The Morgan fingerprint density at radius 3 is 2.63 bits per heavy atom. The van der Waals surface area contributed by atoms with E-state index in [2.05, 4.69) is 9.84 Å². The van der Waals surface area contributed by atoms with Crippen LogP contribution in [0, 0.1) is 0 Å². The molecule has 156 valence electrons. The Morgan fingerprint density at radius 1 is 1.20 bits per heavy atom. The molecular formula is C22H21F2N3O3. The first-order valence-corrected chi connectivity index (χ1v) is 9.58. The lowest BCUT2D eigenvalue weighted by atomic mass is 10.1. The van der Waals surface area contributed by atoms with Crippen molar-refractivity contribution in [1.82, 2.24) is 14.7 Å². The van der Waals surface area contributed by atoms with Gasteiger partial charge in [0.25, 0.3) is 5.91 Å². The minimum atomic E-state index is -2.93. The number of hydrogen-bond acceptors (Lipinski definition) is 4. The fourth-order valence-electron chi connectivity index (χ4n) is 3.27. The van der Waals surface area contributed by atoms with Crippen LogP contribution in [-0.4, -0.2) is 40.4 Å². The third-order valence-corrected chi connectivity index (χ3v) is 4.90. The van der Waals surface area contributed by atoms with E-state index in [1.807, 2.05) is 30.3 Å². The van der Waals surface area contributed by atoms with Gasteiger partial charge in [-0.25, -0.2) is 4.68 Å². The second-order valence-corrected chi connectivity index (χ2v) is 7.04. The van der Waals surface area contributed by atoms with Gasteiger partial charge in [-0.3, -0.25) is 4.79 Å². The molecule has 3 aromatic rings. The van der Waals surface area contributed by atoms with Crippen molar-refractivity contribution in [2.75, 3.05) is 7.11 Å². The van der Waals surface area contributed by atoms with Gasteiger partial charge >= 0.3 is 6.61 Å². The van der Waals surface area contributed by atoms with Gasteiger partial charge in [0.2, 0.25) is 0 Å². The number of hydrogen-bond donors (Lipinski definition) is 0. The van der Waals surface area contributed by atoms with Crippen LogP contribution in [0.5, 0.6) is 11.5 Å². The Hall–Kier alpha value is -3.42. The predicted molar refractivity (Wildman–Crippen MR) is 106 cm³/mol. The number of aromatic nitrogens is 2. The molecule has 0 saturated heterocycles. The van der Waals surface area contributed by atoms with Crippen molar-refractivity contribution in [1.29, 1.82) is 0 Å². The molecule has 0 N–H and O–H groups in total. The summed E-state index contributed by atoms with van der Waals surface area (Å²) in [6.45, 7) is -2.60. The molecule has 1 amide bonds. The number of carbonyl (C=O) groups is 1. The molecule has 0 unspecified atom stereocenters. The minimum absolute atomic E-state index is 0.0373. The Kier molecular flexibility index (Phi) is 5.65. The zero-order valence-electron chi connectivity index (χ0n) is 16.4. The predicted octanol–water partition coefficient (Wildman–Crippen LogP) is 4.29. The zero-order chi connectivity index (χ0) is 21.1. The van der Waals surface area contributed by atoms with E-state index in [4.69, 9.17) is 4.74 Å². The first-order chi connectivity index (χ1) is 14.5. The highest BCUT2D eigenvalue weighted by molar-refractivity contribution is 5.94. The van der Waals surface area contributed by atoms with Gasteiger partial charge in [0.05, 0.1) is 24.6 Å². The zero-order valence-corrected chi connectivity index (χ0v) is 16.4. The molecule has 6 nitrogen and oxygen atoms in total. The van der Waals surface area contributed by atoms with Crippen molar-refractivity contribution in [2.24, 2.45) is 0 Å². The van der Waals surface area contributed by atoms with Gasteiger partial charge in [-0.15, -0.1) is 0 Å². The summed E-state index contributed by atoms with van der Waals surface area (Å²) in [4.78, 5) is 14.9. The van der Waals surface area contributed by atoms with Gasteiger partial charge in [-0.2, -0.15) is 13.9 Å². The van der Waals surface area contributed by atoms with Gasteiger partial charge < -0.3 is 14.4 Å². The smallest absolute Gasteiger partial charge is 0.387 e. The summed E-state index contributed by atoms with van der Waals surface area (Å²) in [5.41, 5.74) is 2.13. The van der Waals surface area contributed by atoms with Gasteiger partial charge in [0.15, 0.2) is 11.5 Å². The van der Waals surface area contributed by atoms with E-state index in [-0.39, 0.29) is 23.4 Å². The molecule has 0 bridgehead atoms. The van der Waals surface area contributed by atoms with Crippen LogP contribution in [0.15, 0.2) is 60.9 Å². The van der Waals surface area contributed by atoms with E-state index in [9.17, 15) is 13.6 Å². The first kappa shape index (κ1) is 19.9. The summed E-state index contributed by atoms with van der Waals surface area (Å²) in [7, 11) is 1.39. The number of carbonyl (C=O) groups excluding carboxylic acids is 1. The number of benzene rings is 2. The monoisotopic (exact) mass is 413 g/mol. The molecule has 8 heteroatoms. The van der Waals surface area contributed by atoms with Crippen molar-refractivity contribution in [3.63, 3.8) is 0 Å². The molecule has 1 heterocycles. The fraction of sp³-hybridized carbons (Fsp3) is 0.273. The maximum absolute atomic E-state index is 13.2. The molecule has 1 fully saturated rings. The van der Waals surface area contributed by atoms with Crippen molar-refractivity contribution in [3.8, 4) is 17.2 Å². The highest BCUT2D eigenvalue weighted by atomic mass is 19.3. The molecule has 0 radical (unpaired) electrons. The standard InChI is InChI=1S/C22H21F2N3O3/c1-29-20-11-15(7-10-19(20)30-22(23)24)13-26(17-8-9-17)21(28)16-12-25-27(14-16)18-5-3-2-4-6-18/h2-7,10-12,14,17,22H,8-9,13H2,1H3. The Balaban J connectivity index is 1.54. The molecule has 1 aliphatic carbocycles. The van der Waals surface area contributed by atoms with Crippen LogP contribution >= 0.6 is 0 Å². The molecule has 0 aliphatic heterocycles. The number of amides is 1. The van der Waals surface area contributed by atoms with E-state index in [0.29, 0.717) is 12.1 Å². The van der Waals surface area contributed by atoms with Crippen LogP contribution in [0.4, 0.5) is 8.78 Å². The molecule has 0 atom stereocenters. The number of methoxy groups -OCH3 is 1. The topological polar surface area (TPSA) is 56.6 Å². The summed E-state index contributed by atoms with van der Waals surface area (Å²) >= 11 is 0. The van der Waals surface area contributed by atoms with E-state index >= 15 is 0 Å². The number of para-hydroxylation sites is 1. The normalized spacial score (nSPS) is 13.3. The molecular weight excluding hydrogens is 392 g/mol. The second-order valence-electron chi connectivity index (χ2n) is 7.04. The van der Waals surface area contributed by atoms with Crippen LogP contribution < -0.4 is 9.47 Å². The van der Waals surface area contributed by atoms with Crippen LogP contribution in [0.25, 0.3) is 5.69 Å². The summed E-state index contributed by atoms with van der Waals surface area (Å²) in [5, 5.41) is 4.30. The summed E-state index contributed by atoms with van der Waals surface area (Å²) in [6.07, 6.45) is 5.14. The maximum atomic E-state index is 13.2. The molecule has 1 saturated carbocycles. The number of ether oxygens (including phenoxy) is 2. The average molecular weight is 413 g/mol. The van der Waals surface area contributed by atoms with Crippen LogP contribution in [0.2, 0.25) is 0 Å². The average Bonchev–Trinajstić information content (AvgIpc) is 3.48. The lowest BCUT2D eigenvalue weighted by Crippen LogP contribution is -2.32. The minimum Gasteiger partial charge on any atom is -0.493 e. The van der Waals surface area contributed by atoms with Crippen LogP contribution in [-0.2, 0) is 6.54 Å². The number of halogens is 2. The Labute approximate surface area is 172 Å². The number of nitrogens with zero attached hydrogens (tertiary/aromatic N) is 3. The maximum Gasteiger partial charge on any atom is 0.387 e. The lowest BCUT2D eigenvalue weighted by molar-refractivity contribution is -0.0512. The summed E-state index contributed by atoms with van der Waals surface area (Å²) in [6, 6.07) is 14.4. The van der Waals surface area contributed by atoms with E-state index in [0.717, 1.165) is 24.1 Å². The highest BCUT2D eigenvalue weighted by Crippen LogP contribution is 2.33. The summed E-state index contributed by atoms with van der Waals surface area (Å²) in [5.74, 6) is 0.0455. The molecule has 30 heavy (non-hydrogen) atoms. The van der Waals surface area contributed by atoms with E-state index < -0.39 is 6.61 Å². The number of alkyl halides is 2. The lowest BCUT2D eigenvalue weighted by Gasteiger charge is -2.22. The third-order valence-electron chi connectivity index (χ3n) is 4.90. The fourth-order valence-corrected chi connectivity index (χ4v) is 3.27. The van der Waals surface area contributed by atoms with Crippen LogP contribution in [0.1, 0.15) is 28.8 Å². The molecule has 1 aromatic heterocycles. The van der Waals surface area contributed by atoms with E-state index in [1.165, 1.54) is 13.2 Å². The second kappa shape index (κ2) is 8.52. The molecule has 1 aliphatic rings. The van der Waals surface area contributed by atoms with Crippen molar-refractivity contribution in [2.45, 2.75) is 32.0 Å². The quantitative estimate of drug-likeness (QED) is 0.553. The SMILES string of the molecule is COc1cc(CN(C(=O)c2cnn(-c3ccccc3)c2)C2CC2)ccc1OC(F)F. The Bertz CT molecular complexity index is 1020. The number of rotatable bonds is 8. The molecule has 2 aromatic carbocycles. The highest BCUT2D eigenvalue weighted by Gasteiger charge is 2.33. The van der Waals surface area contributed by atoms with Crippen molar-refractivity contribution >= 4 is 5.91 Å². The van der Waals surface area contributed by atoms with Crippen LogP contribution in [0.3, 0.4) is 0 Å². The largest absolute Gasteiger partial charge is 0.493 e. The first-order valence-electron chi connectivity index (χ1n) is 9.58. The van der Waals surface area contributed by atoms with E-state index in [1.54, 1.807) is 34.1 Å². The van der Waals surface area contributed by atoms with Gasteiger partial charge in [-0.1, -0.05) is 24.3 Å². The van der Waals surface area contributed by atoms with Crippen molar-refractivity contribution in [3.05, 3.63) is 72.1 Å². The van der Waals surface area contributed by atoms with Gasteiger partial charge in [-0.05, 0) is 42.7 Å². The molecule has 4 rings (SSSR count). The Morgan fingerprint density at radius 2 is 1.97 bits per heavy atom. The van der Waals surface area contributed by atoms with Crippen molar-refractivity contribution < 1.29 is 23.0 Å². The van der Waals surface area contributed by atoms with Gasteiger partial charge in [0, 0.05) is 18.8 Å². The third kappa shape index (κ3) is 4.42. The molecule has 0 spiro atoms. The van der Waals surface area contributed by atoms with Gasteiger partial charge in [0.1, 0.15) is 0 Å². The summed E-state index contributed by atoms with van der Waals surface area (Å²) < 4.78 is 36.4.